The van der Waals surface area contributed by atoms with Crippen molar-refractivity contribution in [1.29, 1.82) is 0 Å². The van der Waals surface area contributed by atoms with Crippen molar-refractivity contribution < 1.29 is 9.59 Å². The minimum Gasteiger partial charge on any atom is -0.346 e. The highest BCUT2D eigenvalue weighted by Gasteiger charge is 2.23. The van der Waals surface area contributed by atoms with Gasteiger partial charge in [0.2, 0.25) is 5.91 Å². The molecule has 1 amide bonds. The minimum atomic E-state index is -0.387. The van der Waals surface area contributed by atoms with Gasteiger partial charge in [-0.15, -0.1) is 0 Å². The van der Waals surface area contributed by atoms with Crippen LogP contribution in [-0.4, -0.2) is 17.7 Å². The number of benzene rings is 1. The summed E-state index contributed by atoms with van der Waals surface area (Å²) in [4.78, 5) is 23.7. The molecule has 110 valence electrons. The van der Waals surface area contributed by atoms with Gasteiger partial charge in [0.25, 0.3) is 0 Å². The van der Waals surface area contributed by atoms with Gasteiger partial charge in [-0.1, -0.05) is 50.6 Å². The molecule has 3 nitrogen and oxygen atoms in total. The van der Waals surface area contributed by atoms with Gasteiger partial charge in [0, 0.05) is 5.92 Å². The summed E-state index contributed by atoms with van der Waals surface area (Å²) in [6.07, 6.45) is 0.691. The third-order valence-corrected chi connectivity index (χ3v) is 3.47. The van der Waals surface area contributed by atoms with Crippen LogP contribution in [0, 0.1) is 18.8 Å². The quantitative estimate of drug-likeness (QED) is 0.867. The Labute approximate surface area is 121 Å². The maximum absolute atomic E-state index is 12.2. The van der Waals surface area contributed by atoms with Gasteiger partial charge in [0.15, 0.2) is 5.78 Å². The molecule has 0 unspecified atom stereocenters. The molecule has 0 aromatic heterocycles. The fourth-order valence-electron chi connectivity index (χ4n) is 2.32. The first-order valence-corrected chi connectivity index (χ1v) is 7.17. The van der Waals surface area contributed by atoms with Crippen molar-refractivity contribution >= 4 is 11.7 Å². The Morgan fingerprint density at radius 1 is 1.20 bits per heavy atom. The third kappa shape index (κ3) is 4.80. The standard InChI is InChI=1S/C17H25NO2/c1-11(2)16(14(5)19)18-17(20)13(4)10-15-8-6-7-12(3)9-15/h6-9,11,13,16H,10H2,1-5H3,(H,18,20)/t13-,16-/m0/s1. The van der Waals surface area contributed by atoms with Gasteiger partial charge in [-0.05, 0) is 31.7 Å². The van der Waals surface area contributed by atoms with E-state index in [2.05, 4.69) is 11.4 Å². The zero-order chi connectivity index (χ0) is 15.3. The van der Waals surface area contributed by atoms with Gasteiger partial charge in [-0.2, -0.15) is 0 Å². The fourth-order valence-corrected chi connectivity index (χ4v) is 2.32. The van der Waals surface area contributed by atoms with E-state index in [0.717, 1.165) is 5.56 Å². The molecule has 1 aromatic carbocycles. The number of ketones is 1. The second-order valence-corrected chi connectivity index (χ2v) is 5.94. The lowest BCUT2D eigenvalue weighted by Gasteiger charge is -2.22. The Bertz CT molecular complexity index is 480. The van der Waals surface area contributed by atoms with Crippen LogP contribution >= 0.6 is 0 Å². The van der Waals surface area contributed by atoms with E-state index in [-0.39, 0.29) is 29.6 Å². The van der Waals surface area contributed by atoms with Crippen molar-refractivity contribution in [2.24, 2.45) is 11.8 Å². The molecule has 0 saturated heterocycles. The summed E-state index contributed by atoms with van der Waals surface area (Å²) in [5.41, 5.74) is 2.34. The van der Waals surface area contributed by atoms with Crippen molar-refractivity contribution in [1.82, 2.24) is 5.32 Å². The Balaban J connectivity index is 2.65. The number of rotatable bonds is 6. The Morgan fingerprint density at radius 3 is 2.35 bits per heavy atom. The first-order valence-electron chi connectivity index (χ1n) is 7.17. The molecule has 1 N–H and O–H groups in total. The largest absolute Gasteiger partial charge is 0.346 e. The second kappa shape index (κ2) is 7.22. The highest BCUT2D eigenvalue weighted by atomic mass is 16.2. The van der Waals surface area contributed by atoms with E-state index in [4.69, 9.17) is 0 Å². The van der Waals surface area contributed by atoms with E-state index in [9.17, 15) is 9.59 Å². The highest BCUT2D eigenvalue weighted by molar-refractivity contribution is 5.88. The van der Waals surface area contributed by atoms with Crippen LogP contribution in [0.1, 0.15) is 38.8 Å². The van der Waals surface area contributed by atoms with E-state index in [0.29, 0.717) is 6.42 Å². The lowest BCUT2D eigenvalue weighted by atomic mass is 9.96. The van der Waals surface area contributed by atoms with E-state index in [1.54, 1.807) is 0 Å². The molecule has 1 aromatic rings. The number of nitrogens with one attached hydrogen (secondary N) is 1. The van der Waals surface area contributed by atoms with Crippen LogP contribution in [0.15, 0.2) is 24.3 Å². The summed E-state index contributed by atoms with van der Waals surface area (Å²) >= 11 is 0. The molecule has 0 aliphatic rings. The number of amides is 1. The lowest BCUT2D eigenvalue weighted by molar-refractivity contribution is -0.130. The summed E-state index contributed by atoms with van der Waals surface area (Å²) in [7, 11) is 0. The van der Waals surface area contributed by atoms with Crippen molar-refractivity contribution in [3.63, 3.8) is 0 Å². The number of aryl methyl sites for hydroxylation is 1. The van der Waals surface area contributed by atoms with Gasteiger partial charge in [-0.3, -0.25) is 9.59 Å². The predicted octanol–water partition coefficient (Wildman–Crippen LogP) is 2.90. The summed E-state index contributed by atoms with van der Waals surface area (Å²) in [6, 6.07) is 7.78. The molecule has 0 radical (unpaired) electrons. The maximum Gasteiger partial charge on any atom is 0.223 e. The van der Waals surface area contributed by atoms with Crippen LogP contribution in [-0.2, 0) is 16.0 Å². The molecular formula is C17H25NO2. The molecule has 0 bridgehead atoms. The monoisotopic (exact) mass is 275 g/mol. The van der Waals surface area contributed by atoms with Crippen LogP contribution in [0.2, 0.25) is 0 Å². The van der Waals surface area contributed by atoms with Crippen LogP contribution in [0.5, 0.6) is 0 Å². The maximum atomic E-state index is 12.2. The van der Waals surface area contributed by atoms with Crippen LogP contribution in [0.25, 0.3) is 0 Å². The summed E-state index contributed by atoms with van der Waals surface area (Å²) < 4.78 is 0. The van der Waals surface area contributed by atoms with E-state index >= 15 is 0 Å². The van der Waals surface area contributed by atoms with Crippen LogP contribution in [0.4, 0.5) is 0 Å². The van der Waals surface area contributed by atoms with Crippen LogP contribution in [0.3, 0.4) is 0 Å². The van der Waals surface area contributed by atoms with Crippen LogP contribution < -0.4 is 5.32 Å². The molecule has 0 aliphatic heterocycles. The van der Waals surface area contributed by atoms with Crippen molar-refractivity contribution in [3.05, 3.63) is 35.4 Å². The van der Waals surface area contributed by atoms with Gasteiger partial charge in [0.05, 0.1) is 6.04 Å². The average molecular weight is 275 g/mol. The smallest absolute Gasteiger partial charge is 0.223 e. The van der Waals surface area contributed by atoms with Gasteiger partial charge in [0.1, 0.15) is 0 Å². The molecule has 2 atom stereocenters. The van der Waals surface area contributed by atoms with Gasteiger partial charge in [-0.25, -0.2) is 0 Å². The molecule has 0 spiro atoms. The Hall–Kier alpha value is -1.64. The molecule has 1 rings (SSSR count). The molecule has 0 saturated carbocycles. The van der Waals surface area contributed by atoms with Crippen molar-refractivity contribution in [3.8, 4) is 0 Å². The first-order chi connectivity index (χ1) is 9.31. The number of hydrogen-bond acceptors (Lipinski definition) is 2. The molecule has 0 aliphatic carbocycles. The van der Waals surface area contributed by atoms with Crippen molar-refractivity contribution in [2.45, 2.75) is 47.1 Å². The van der Waals surface area contributed by atoms with Gasteiger partial charge >= 0.3 is 0 Å². The Kier molecular flexibility index (Phi) is 5.93. The zero-order valence-electron chi connectivity index (χ0n) is 13.1. The number of carbonyl (C=O) groups excluding carboxylic acids is 2. The highest BCUT2D eigenvalue weighted by Crippen LogP contribution is 2.12. The summed E-state index contributed by atoms with van der Waals surface area (Å²) in [5, 5.41) is 2.86. The summed E-state index contributed by atoms with van der Waals surface area (Å²) in [5.74, 6) is -0.0727. The van der Waals surface area contributed by atoms with Crippen molar-refractivity contribution in [2.75, 3.05) is 0 Å². The number of hydrogen-bond donors (Lipinski definition) is 1. The molecule has 0 fully saturated rings. The topological polar surface area (TPSA) is 46.2 Å². The third-order valence-electron chi connectivity index (χ3n) is 3.47. The van der Waals surface area contributed by atoms with E-state index in [1.807, 2.05) is 45.9 Å². The minimum absolute atomic E-state index is 0.0103. The molecule has 20 heavy (non-hydrogen) atoms. The number of carbonyl (C=O) groups is 2. The average Bonchev–Trinajstić information content (AvgIpc) is 2.34. The van der Waals surface area contributed by atoms with E-state index in [1.165, 1.54) is 12.5 Å². The first kappa shape index (κ1) is 16.4. The predicted molar refractivity (Wildman–Crippen MR) is 81.5 cm³/mol. The molecule has 3 heteroatoms. The Morgan fingerprint density at radius 2 is 1.85 bits per heavy atom. The van der Waals surface area contributed by atoms with E-state index < -0.39 is 0 Å². The zero-order valence-corrected chi connectivity index (χ0v) is 13.1. The normalized spacial score (nSPS) is 13.9. The fraction of sp³-hybridized carbons (Fsp3) is 0.529. The lowest BCUT2D eigenvalue weighted by Crippen LogP contribution is -2.45. The summed E-state index contributed by atoms with van der Waals surface area (Å²) in [6.45, 7) is 9.35. The SMILES string of the molecule is CC(=O)[C@@H](NC(=O)[C@@H](C)Cc1cccc(C)c1)C(C)C. The number of Topliss-reactive ketones (excluding diaryl/α,β-unsaturated/α-hetero) is 1. The molecule has 0 heterocycles. The molecular weight excluding hydrogens is 250 g/mol. The second-order valence-electron chi connectivity index (χ2n) is 5.94. The van der Waals surface area contributed by atoms with Gasteiger partial charge < -0.3 is 5.32 Å².